The number of aryl methyl sites for hydroxylation is 1. The van der Waals surface area contributed by atoms with E-state index in [1.807, 2.05) is 11.8 Å². The molecule has 1 aliphatic carbocycles. The quantitative estimate of drug-likeness (QED) is 0.772. The Balaban J connectivity index is 2.21. The van der Waals surface area contributed by atoms with Crippen LogP contribution in [0, 0.1) is 0 Å². The van der Waals surface area contributed by atoms with Crippen molar-refractivity contribution in [3.8, 4) is 0 Å². The largest absolute Gasteiger partial charge is 0.465 e. The van der Waals surface area contributed by atoms with E-state index >= 15 is 0 Å². The number of aromatic amines is 1. The Labute approximate surface area is 111 Å². The number of ether oxygens (including phenoxy) is 1. The van der Waals surface area contributed by atoms with Crippen molar-refractivity contribution in [1.82, 2.24) is 9.97 Å². The fourth-order valence-electron chi connectivity index (χ4n) is 1.94. The number of esters is 1. The number of nitrogens with one attached hydrogen (secondary N) is 1. The summed E-state index contributed by atoms with van der Waals surface area (Å²) < 4.78 is 4.96. The zero-order chi connectivity index (χ0) is 13.8. The summed E-state index contributed by atoms with van der Waals surface area (Å²) in [6, 6.07) is 1.74. The first-order chi connectivity index (χ1) is 9.13. The first-order valence-corrected chi connectivity index (χ1v) is 6.66. The van der Waals surface area contributed by atoms with Crippen molar-refractivity contribution in [2.24, 2.45) is 0 Å². The lowest BCUT2D eigenvalue weighted by Crippen LogP contribution is -2.34. The van der Waals surface area contributed by atoms with Crippen molar-refractivity contribution in [2.45, 2.75) is 39.2 Å². The van der Waals surface area contributed by atoms with Crippen LogP contribution in [0.25, 0.3) is 0 Å². The molecule has 0 unspecified atom stereocenters. The number of hydrogen-bond donors (Lipinski definition) is 1. The Hall–Kier alpha value is -1.85. The van der Waals surface area contributed by atoms with Crippen LogP contribution >= 0.6 is 0 Å². The number of H-pyrrole nitrogens is 1. The van der Waals surface area contributed by atoms with Crippen LogP contribution < -0.4 is 10.5 Å². The lowest BCUT2D eigenvalue weighted by Gasteiger charge is -2.22. The minimum atomic E-state index is -0.283. The Morgan fingerprint density at radius 3 is 2.84 bits per heavy atom. The third kappa shape index (κ3) is 3.56. The molecule has 0 saturated heterocycles. The fraction of sp³-hybridized carbons (Fsp3) is 0.615. The maximum atomic E-state index is 11.6. The molecule has 0 radical (unpaired) electrons. The van der Waals surface area contributed by atoms with Crippen LogP contribution in [-0.2, 0) is 16.0 Å². The summed E-state index contributed by atoms with van der Waals surface area (Å²) >= 11 is 0. The van der Waals surface area contributed by atoms with Gasteiger partial charge in [0.05, 0.1) is 6.61 Å². The number of aromatic nitrogens is 2. The molecule has 6 nitrogen and oxygen atoms in total. The van der Waals surface area contributed by atoms with Gasteiger partial charge in [-0.2, -0.15) is 0 Å². The van der Waals surface area contributed by atoms with Crippen molar-refractivity contribution < 1.29 is 9.53 Å². The van der Waals surface area contributed by atoms with Crippen molar-refractivity contribution in [3.63, 3.8) is 0 Å². The van der Waals surface area contributed by atoms with Gasteiger partial charge in [-0.1, -0.05) is 6.92 Å². The second-order valence-corrected chi connectivity index (χ2v) is 4.57. The Morgan fingerprint density at radius 2 is 2.26 bits per heavy atom. The Bertz CT molecular complexity index is 508. The van der Waals surface area contributed by atoms with Gasteiger partial charge in [0, 0.05) is 18.5 Å². The molecular weight excluding hydrogens is 246 g/mol. The summed E-state index contributed by atoms with van der Waals surface area (Å²) in [6.07, 6.45) is 2.70. The number of nitrogens with zero attached hydrogens (tertiary/aromatic N) is 2. The predicted molar refractivity (Wildman–Crippen MR) is 71.2 cm³/mol. The fourth-order valence-corrected chi connectivity index (χ4v) is 1.94. The molecule has 0 aromatic carbocycles. The van der Waals surface area contributed by atoms with Gasteiger partial charge in [0.15, 0.2) is 0 Å². The molecule has 1 aromatic heterocycles. The van der Waals surface area contributed by atoms with Crippen LogP contribution in [-0.4, -0.2) is 35.1 Å². The molecule has 0 amide bonds. The molecule has 0 atom stereocenters. The number of carbonyl (C=O) groups is 1. The van der Waals surface area contributed by atoms with Gasteiger partial charge in [-0.15, -0.1) is 0 Å². The summed E-state index contributed by atoms with van der Waals surface area (Å²) in [5, 5.41) is 0. The molecular formula is C13H19N3O3. The van der Waals surface area contributed by atoms with E-state index in [2.05, 4.69) is 9.97 Å². The normalized spacial score (nSPS) is 14.2. The molecule has 1 aliphatic rings. The minimum Gasteiger partial charge on any atom is -0.465 e. The summed E-state index contributed by atoms with van der Waals surface area (Å²) in [4.78, 5) is 32.1. The predicted octanol–water partition coefficient (Wildman–Crippen LogP) is 0.864. The van der Waals surface area contributed by atoms with E-state index in [1.54, 1.807) is 6.92 Å². The first kappa shape index (κ1) is 13.6. The van der Waals surface area contributed by atoms with Crippen LogP contribution in [0.3, 0.4) is 0 Å². The van der Waals surface area contributed by atoms with E-state index in [0.717, 1.165) is 12.8 Å². The Morgan fingerprint density at radius 1 is 1.53 bits per heavy atom. The van der Waals surface area contributed by atoms with E-state index in [1.165, 1.54) is 6.07 Å². The van der Waals surface area contributed by atoms with Gasteiger partial charge in [0.1, 0.15) is 18.2 Å². The molecule has 19 heavy (non-hydrogen) atoms. The maximum absolute atomic E-state index is 11.6. The Kier molecular flexibility index (Phi) is 4.19. The molecule has 1 heterocycles. The average molecular weight is 265 g/mol. The van der Waals surface area contributed by atoms with Gasteiger partial charge >= 0.3 is 5.97 Å². The van der Waals surface area contributed by atoms with Crippen molar-refractivity contribution in [3.05, 3.63) is 22.2 Å². The minimum absolute atomic E-state index is 0.151. The highest BCUT2D eigenvalue weighted by Gasteiger charge is 2.32. The standard InChI is InChI=1S/C13H19N3O3/c1-3-10-14-11(7-12(17)15-10)16(9-5-6-9)8-13(18)19-4-2/h7,9H,3-6,8H2,1-2H3,(H,14,15,17). The van der Waals surface area contributed by atoms with E-state index in [4.69, 9.17) is 4.74 Å². The van der Waals surface area contributed by atoms with Crippen LogP contribution in [0.5, 0.6) is 0 Å². The van der Waals surface area contributed by atoms with Gasteiger partial charge in [-0.25, -0.2) is 4.98 Å². The summed E-state index contributed by atoms with van der Waals surface area (Å²) in [6.45, 7) is 4.22. The third-order valence-corrected chi connectivity index (χ3v) is 3.00. The van der Waals surface area contributed by atoms with E-state index in [0.29, 0.717) is 30.7 Å². The van der Waals surface area contributed by atoms with Crippen LogP contribution in [0.1, 0.15) is 32.5 Å². The molecule has 0 aliphatic heterocycles. The number of hydrogen-bond acceptors (Lipinski definition) is 5. The highest BCUT2D eigenvalue weighted by molar-refractivity contribution is 5.75. The molecule has 104 valence electrons. The van der Waals surface area contributed by atoms with E-state index in [-0.39, 0.29) is 18.1 Å². The number of anilines is 1. The average Bonchev–Trinajstić information content (AvgIpc) is 3.19. The second-order valence-electron chi connectivity index (χ2n) is 4.57. The van der Waals surface area contributed by atoms with E-state index in [9.17, 15) is 9.59 Å². The van der Waals surface area contributed by atoms with Crippen LogP contribution in [0.2, 0.25) is 0 Å². The summed E-state index contributed by atoms with van der Waals surface area (Å²) in [5.74, 6) is 0.919. The molecule has 1 N–H and O–H groups in total. The molecule has 0 spiro atoms. The van der Waals surface area contributed by atoms with Crippen molar-refractivity contribution in [2.75, 3.05) is 18.1 Å². The smallest absolute Gasteiger partial charge is 0.325 e. The zero-order valence-corrected chi connectivity index (χ0v) is 11.3. The van der Waals surface area contributed by atoms with Gasteiger partial charge in [0.25, 0.3) is 5.56 Å². The number of carbonyl (C=O) groups excluding carboxylic acids is 1. The lowest BCUT2D eigenvalue weighted by atomic mass is 10.4. The topological polar surface area (TPSA) is 75.3 Å². The van der Waals surface area contributed by atoms with Crippen LogP contribution in [0.15, 0.2) is 10.9 Å². The molecule has 0 bridgehead atoms. The molecule has 1 fully saturated rings. The monoisotopic (exact) mass is 265 g/mol. The van der Waals surface area contributed by atoms with Gasteiger partial charge in [-0.3, -0.25) is 9.59 Å². The maximum Gasteiger partial charge on any atom is 0.325 e. The van der Waals surface area contributed by atoms with Gasteiger partial charge in [0.2, 0.25) is 0 Å². The molecule has 1 saturated carbocycles. The van der Waals surface area contributed by atoms with Gasteiger partial charge < -0.3 is 14.6 Å². The summed E-state index contributed by atoms with van der Waals surface area (Å²) in [5.41, 5.74) is -0.184. The summed E-state index contributed by atoms with van der Waals surface area (Å²) in [7, 11) is 0. The number of rotatable bonds is 6. The van der Waals surface area contributed by atoms with Crippen molar-refractivity contribution in [1.29, 1.82) is 0 Å². The highest BCUT2D eigenvalue weighted by Crippen LogP contribution is 2.29. The SMILES string of the molecule is CCOC(=O)CN(c1cc(=O)[nH]c(CC)n1)C1CC1. The van der Waals surface area contributed by atoms with Gasteiger partial charge in [-0.05, 0) is 19.8 Å². The molecule has 2 rings (SSSR count). The highest BCUT2D eigenvalue weighted by atomic mass is 16.5. The zero-order valence-electron chi connectivity index (χ0n) is 11.3. The molecule has 6 heteroatoms. The van der Waals surface area contributed by atoms with E-state index < -0.39 is 0 Å². The lowest BCUT2D eigenvalue weighted by molar-refractivity contribution is -0.141. The third-order valence-electron chi connectivity index (χ3n) is 3.00. The first-order valence-electron chi connectivity index (χ1n) is 6.66. The van der Waals surface area contributed by atoms with Crippen molar-refractivity contribution >= 4 is 11.8 Å². The van der Waals surface area contributed by atoms with Crippen LogP contribution in [0.4, 0.5) is 5.82 Å². The molecule has 1 aromatic rings. The second kappa shape index (κ2) is 5.86.